The molecule has 0 spiro atoms. The van der Waals surface area contributed by atoms with Gasteiger partial charge in [0.2, 0.25) is 0 Å². The molecule has 0 N–H and O–H groups in total. The maximum absolute atomic E-state index is 4.09. The SMILES string of the molecule is C=CCC(CCN(C)C)CCC(C)(CCCCCCC/C=C/C=C/CCCCC)CCCCCCCCC(C)CCCCCCC. The molecule has 0 aromatic carbocycles. The molecule has 0 heterocycles. The maximum Gasteiger partial charge on any atom is -0.00221 e. The molecule has 0 saturated heterocycles. The first-order valence-electron chi connectivity index (χ1n) is 20.9. The van der Waals surface area contributed by atoms with Crippen molar-refractivity contribution in [3.05, 3.63) is 37.0 Å². The Balaban J connectivity index is 4.40. The summed E-state index contributed by atoms with van der Waals surface area (Å²) in [5.41, 5.74) is 0.524. The third kappa shape index (κ3) is 31.8. The highest BCUT2D eigenvalue weighted by Crippen LogP contribution is 2.38. The highest BCUT2D eigenvalue weighted by molar-refractivity contribution is 5.02. The van der Waals surface area contributed by atoms with E-state index < -0.39 is 0 Å². The Labute approximate surface area is 292 Å². The van der Waals surface area contributed by atoms with Gasteiger partial charge in [0, 0.05) is 0 Å². The molecule has 3 unspecified atom stereocenters. The van der Waals surface area contributed by atoms with E-state index in [1.54, 1.807) is 0 Å². The molecule has 0 saturated carbocycles. The zero-order valence-corrected chi connectivity index (χ0v) is 32.9. The third-order valence-corrected chi connectivity index (χ3v) is 10.7. The maximum atomic E-state index is 4.09. The van der Waals surface area contributed by atoms with E-state index in [0.717, 1.165) is 11.8 Å². The van der Waals surface area contributed by atoms with Gasteiger partial charge in [-0.05, 0) is 102 Å². The lowest BCUT2D eigenvalue weighted by Crippen LogP contribution is -2.21. The average Bonchev–Trinajstić information content (AvgIpc) is 3.03. The minimum absolute atomic E-state index is 0.524. The number of unbranched alkanes of at least 4 members (excludes halogenated alkanes) is 17. The van der Waals surface area contributed by atoms with Gasteiger partial charge in [-0.3, -0.25) is 0 Å². The second-order valence-corrected chi connectivity index (χ2v) is 16.0. The van der Waals surface area contributed by atoms with Crippen LogP contribution in [-0.4, -0.2) is 25.5 Å². The van der Waals surface area contributed by atoms with E-state index in [2.05, 4.69) is 83.6 Å². The van der Waals surface area contributed by atoms with Crippen LogP contribution in [0.3, 0.4) is 0 Å². The van der Waals surface area contributed by atoms with Crippen LogP contribution >= 0.6 is 0 Å². The Bertz CT molecular complexity index is 674. The lowest BCUT2D eigenvalue weighted by atomic mass is 9.74. The highest BCUT2D eigenvalue weighted by Gasteiger charge is 2.24. The van der Waals surface area contributed by atoms with Crippen LogP contribution in [0.15, 0.2) is 37.0 Å². The first-order chi connectivity index (χ1) is 22.4. The minimum atomic E-state index is 0.524. The molecular formula is C45H87N. The van der Waals surface area contributed by atoms with Crippen molar-refractivity contribution in [1.29, 1.82) is 0 Å². The Hall–Kier alpha value is -0.820. The fraction of sp³-hybridized carbons (Fsp3) is 0.867. The monoisotopic (exact) mass is 642 g/mol. The summed E-state index contributed by atoms with van der Waals surface area (Å²) >= 11 is 0. The summed E-state index contributed by atoms with van der Waals surface area (Å²) in [6, 6.07) is 0. The first-order valence-corrected chi connectivity index (χ1v) is 20.9. The lowest BCUT2D eigenvalue weighted by Gasteiger charge is -2.32. The van der Waals surface area contributed by atoms with Gasteiger partial charge in [-0.1, -0.05) is 180 Å². The van der Waals surface area contributed by atoms with E-state index in [9.17, 15) is 0 Å². The van der Waals surface area contributed by atoms with Crippen molar-refractivity contribution in [1.82, 2.24) is 4.90 Å². The van der Waals surface area contributed by atoms with Crippen LogP contribution in [0, 0.1) is 17.3 Å². The zero-order valence-electron chi connectivity index (χ0n) is 32.9. The Morgan fingerprint density at radius 1 is 0.565 bits per heavy atom. The summed E-state index contributed by atoms with van der Waals surface area (Å²) in [6.45, 7) is 15.0. The fourth-order valence-electron chi connectivity index (χ4n) is 7.18. The normalized spacial score (nSPS) is 14.8. The van der Waals surface area contributed by atoms with Gasteiger partial charge in [-0.15, -0.1) is 6.58 Å². The third-order valence-electron chi connectivity index (χ3n) is 10.7. The van der Waals surface area contributed by atoms with Gasteiger partial charge in [0.15, 0.2) is 0 Å². The van der Waals surface area contributed by atoms with E-state index in [1.807, 2.05) is 0 Å². The van der Waals surface area contributed by atoms with Crippen molar-refractivity contribution in [3.8, 4) is 0 Å². The second kappa shape index (κ2) is 34.1. The standard InChI is InChI=1S/C45H87N/c1-8-11-13-15-16-17-18-19-20-21-22-24-28-32-39-45(5,41-37-44(34-10-3)38-42-46(6)7)40-33-29-25-23-27-31-36-43(4)35-30-26-14-12-9-2/h10,16-19,43-44H,3,8-9,11-15,20-42H2,1-2,4-7H3/b17-16+,19-18+. The van der Waals surface area contributed by atoms with Gasteiger partial charge in [0.25, 0.3) is 0 Å². The van der Waals surface area contributed by atoms with Gasteiger partial charge >= 0.3 is 0 Å². The lowest BCUT2D eigenvalue weighted by molar-refractivity contribution is 0.203. The molecule has 0 fully saturated rings. The topological polar surface area (TPSA) is 3.24 Å². The van der Waals surface area contributed by atoms with Crippen LogP contribution in [0.25, 0.3) is 0 Å². The number of nitrogens with zero attached hydrogens (tertiary/aromatic N) is 1. The zero-order chi connectivity index (χ0) is 34.0. The van der Waals surface area contributed by atoms with E-state index in [1.165, 1.54) is 193 Å². The van der Waals surface area contributed by atoms with Gasteiger partial charge in [0.1, 0.15) is 0 Å². The molecule has 0 radical (unpaired) electrons. The van der Waals surface area contributed by atoms with Crippen LogP contribution in [0.5, 0.6) is 0 Å². The molecule has 0 aliphatic heterocycles. The largest absolute Gasteiger partial charge is 0.309 e. The molecule has 1 heteroatoms. The first kappa shape index (κ1) is 45.2. The Morgan fingerprint density at radius 2 is 1.02 bits per heavy atom. The molecule has 1 nitrogen and oxygen atoms in total. The molecule has 272 valence electrons. The Kier molecular flexibility index (Phi) is 33.5. The molecule has 0 aromatic rings. The number of hydrogen-bond donors (Lipinski definition) is 0. The second-order valence-electron chi connectivity index (χ2n) is 16.0. The summed E-state index contributed by atoms with van der Waals surface area (Å²) in [5.74, 6) is 1.74. The van der Waals surface area contributed by atoms with Gasteiger partial charge in [-0.2, -0.15) is 0 Å². The number of hydrogen-bond acceptors (Lipinski definition) is 1. The van der Waals surface area contributed by atoms with E-state index in [0.29, 0.717) is 5.41 Å². The van der Waals surface area contributed by atoms with Crippen molar-refractivity contribution in [2.45, 2.75) is 214 Å². The number of rotatable bonds is 36. The van der Waals surface area contributed by atoms with Crippen LogP contribution < -0.4 is 0 Å². The predicted molar refractivity (Wildman–Crippen MR) is 213 cm³/mol. The van der Waals surface area contributed by atoms with Crippen molar-refractivity contribution in [3.63, 3.8) is 0 Å². The summed E-state index contributed by atoms with van der Waals surface area (Å²) in [5, 5.41) is 0. The van der Waals surface area contributed by atoms with Gasteiger partial charge in [0.05, 0.1) is 0 Å². The van der Waals surface area contributed by atoms with Gasteiger partial charge in [-0.25, -0.2) is 0 Å². The minimum Gasteiger partial charge on any atom is -0.309 e. The van der Waals surface area contributed by atoms with Crippen molar-refractivity contribution in [2.75, 3.05) is 20.6 Å². The smallest absolute Gasteiger partial charge is 0.00221 e. The molecule has 0 aliphatic rings. The molecule has 3 atom stereocenters. The highest BCUT2D eigenvalue weighted by atomic mass is 15.0. The molecule has 0 rings (SSSR count). The molecule has 0 bridgehead atoms. The average molecular weight is 642 g/mol. The summed E-state index contributed by atoms with van der Waals surface area (Å²) in [6.07, 6.45) is 51.8. The summed E-state index contributed by atoms with van der Waals surface area (Å²) in [7, 11) is 4.43. The molecule has 0 aromatic heterocycles. The fourth-order valence-corrected chi connectivity index (χ4v) is 7.18. The van der Waals surface area contributed by atoms with Crippen molar-refractivity contribution >= 4 is 0 Å². The molecule has 0 amide bonds. The van der Waals surface area contributed by atoms with E-state index in [4.69, 9.17) is 0 Å². The van der Waals surface area contributed by atoms with E-state index >= 15 is 0 Å². The van der Waals surface area contributed by atoms with Crippen molar-refractivity contribution < 1.29 is 0 Å². The van der Waals surface area contributed by atoms with Crippen LogP contribution in [0.4, 0.5) is 0 Å². The number of allylic oxidation sites excluding steroid dienone is 5. The van der Waals surface area contributed by atoms with Gasteiger partial charge < -0.3 is 4.90 Å². The van der Waals surface area contributed by atoms with Crippen molar-refractivity contribution in [2.24, 2.45) is 17.3 Å². The Morgan fingerprint density at radius 3 is 1.54 bits per heavy atom. The summed E-state index contributed by atoms with van der Waals surface area (Å²) in [4.78, 5) is 2.35. The quantitative estimate of drug-likeness (QED) is 0.0374. The van der Waals surface area contributed by atoms with Crippen LogP contribution in [0.1, 0.15) is 214 Å². The van der Waals surface area contributed by atoms with Crippen LogP contribution in [-0.2, 0) is 0 Å². The molecular weight excluding hydrogens is 555 g/mol. The molecule has 0 aliphatic carbocycles. The summed E-state index contributed by atoms with van der Waals surface area (Å²) < 4.78 is 0. The van der Waals surface area contributed by atoms with E-state index in [-0.39, 0.29) is 0 Å². The predicted octanol–water partition coefficient (Wildman–Crippen LogP) is 15.5. The van der Waals surface area contributed by atoms with Crippen LogP contribution in [0.2, 0.25) is 0 Å². The molecule has 46 heavy (non-hydrogen) atoms.